The topological polar surface area (TPSA) is 74.2 Å². The first-order valence-corrected chi connectivity index (χ1v) is 13.1. The number of esters is 1. The summed E-state index contributed by atoms with van der Waals surface area (Å²) in [6.45, 7) is 0.821. The van der Waals surface area contributed by atoms with Gasteiger partial charge in [-0.05, 0) is 23.3 Å². The SMILES string of the molecule is O=C(CCl)O[C@@H]1[C@@H](O)[C@H](Sc2ccccc2)O[C@H](COCc2ccccc2)[C@@H]1OCc1ccccc1. The molecule has 8 heteroatoms. The van der Waals surface area contributed by atoms with Gasteiger partial charge in [-0.2, -0.15) is 0 Å². The summed E-state index contributed by atoms with van der Waals surface area (Å²) in [5.41, 5.74) is 1.26. The van der Waals surface area contributed by atoms with Gasteiger partial charge in [0.2, 0.25) is 0 Å². The molecule has 4 rings (SSSR count). The van der Waals surface area contributed by atoms with Crippen LogP contribution < -0.4 is 0 Å². The van der Waals surface area contributed by atoms with Crippen molar-refractivity contribution in [3.8, 4) is 0 Å². The van der Waals surface area contributed by atoms with Crippen LogP contribution in [0.1, 0.15) is 11.1 Å². The maximum Gasteiger partial charge on any atom is 0.321 e. The van der Waals surface area contributed by atoms with E-state index in [0.717, 1.165) is 16.0 Å². The number of alkyl halides is 1. The molecule has 0 spiro atoms. The molecule has 0 saturated carbocycles. The molecule has 3 aromatic rings. The summed E-state index contributed by atoms with van der Waals surface area (Å²) in [5.74, 6) is -0.968. The second-order valence-corrected chi connectivity index (χ2v) is 9.75. The van der Waals surface area contributed by atoms with Crippen LogP contribution in [0.4, 0.5) is 0 Å². The Kier molecular flexibility index (Phi) is 10.2. The Balaban J connectivity index is 1.54. The van der Waals surface area contributed by atoms with Crippen LogP contribution in [0.3, 0.4) is 0 Å². The lowest BCUT2D eigenvalue weighted by atomic mass is 9.99. The van der Waals surface area contributed by atoms with Crippen molar-refractivity contribution in [2.75, 3.05) is 12.5 Å². The molecule has 36 heavy (non-hydrogen) atoms. The number of hydrogen-bond donors (Lipinski definition) is 1. The summed E-state index contributed by atoms with van der Waals surface area (Å²) in [5, 5.41) is 11.2. The molecule has 0 bridgehead atoms. The number of aliphatic hydroxyl groups is 1. The molecular formula is C28H29ClO6S. The third kappa shape index (κ3) is 7.56. The molecule has 0 aromatic heterocycles. The van der Waals surface area contributed by atoms with E-state index in [2.05, 4.69) is 0 Å². The van der Waals surface area contributed by atoms with Crippen LogP contribution in [0.2, 0.25) is 0 Å². The fraction of sp³-hybridized carbons (Fsp3) is 0.321. The summed E-state index contributed by atoms with van der Waals surface area (Å²) in [7, 11) is 0. The number of carbonyl (C=O) groups is 1. The van der Waals surface area contributed by atoms with Crippen LogP contribution >= 0.6 is 23.4 Å². The fourth-order valence-corrected chi connectivity index (χ4v) is 5.05. The third-order valence-corrected chi connectivity index (χ3v) is 7.05. The zero-order chi connectivity index (χ0) is 25.2. The second-order valence-electron chi connectivity index (χ2n) is 8.31. The van der Waals surface area contributed by atoms with Crippen molar-refractivity contribution in [1.82, 2.24) is 0 Å². The Morgan fingerprint density at radius 1 is 0.861 bits per heavy atom. The molecule has 1 heterocycles. The van der Waals surface area contributed by atoms with Crippen molar-refractivity contribution < 1.29 is 28.8 Å². The van der Waals surface area contributed by atoms with Gasteiger partial charge in [0.05, 0.1) is 19.8 Å². The van der Waals surface area contributed by atoms with Crippen LogP contribution in [0.15, 0.2) is 95.9 Å². The zero-order valence-electron chi connectivity index (χ0n) is 19.7. The Morgan fingerprint density at radius 2 is 1.44 bits per heavy atom. The maximum atomic E-state index is 12.2. The van der Waals surface area contributed by atoms with E-state index < -0.39 is 35.8 Å². The predicted octanol–water partition coefficient (Wildman–Crippen LogP) is 4.82. The van der Waals surface area contributed by atoms with Crippen LogP contribution in [0.25, 0.3) is 0 Å². The van der Waals surface area contributed by atoms with Gasteiger partial charge < -0.3 is 24.1 Å². The predicted molar refractivity (Wildman–Crippen MR) is 139 cm³/mol. The molecule has 1 fully saturated rings. The minimum atomic E-state index is -1.14. The largest absolute Gasteiger partial charge is 0.456 e. The first kappa shape index (κ1) is 26.7. The molecule has 3 aromatic carbocycles. The molecule has 190 valence electrons. The summed E-state index contributed by atoms with van der Waals surface area (Å²) in [6.07, 6.45) is -3.50. The van der Waals surface area contributed by atoms with E-state index in [0.29, 0.717) is 6.61 Å². The molecule has 0 amide bonds. The number of aliphatic hydroxyl groups excluding tert-OH is 1. The van der Waals surface area contributed by atoms with Gasteiger partial charge >= 0.3 is 5.97 Å². The van der Waals surface area contributed by atoms with Crippen molar-refractivity contribution in [2.24, 2.45) is 0 Å². The Hall–Kier alpha value is -2.39. The van der Waals surface area contributed by atoms with Crippen molar-refractivity contribution in [3.05, 3.63) is 102 Å². The molecule has 1 aliphatic rings. The number of ether oxygens (including phenoxy) is 4. The standard InChI is InChI=1S/C28H29ClO6S/c29-16-24(30)35-27-25(31)28(36-22-14-8-3-9-15-22)34-23(19-32-17-20-10-4-1-5-11-20)26(27)33-18-21-12-6-2-7-13-21/h1-15,23,25-28,31H,16-19H2/t23-,25-,26+,27-,28+/m1/s1. The van der Waals surface area contributed by atoms with E-state index in [1.54, 1.807) is 0 Å². The summed E-state index contributed by atoms with van der Waals surface area (Å²) < 4.78 is 24.2. The summed E-state index contributed by atoms with van der Waals surface area (Å²) in [4.78, 5) is 13.1. The van der Waals surface area contributed by atoms with Crippen LogP contribution in [-0.2, 0) is 37.0 Å². The lowest BCUT2D eigenvalue weighted by Crippen LogP contribution is -2.60. The molecule has 0 unspecified atom stereocenters. The van der Waals surface area contributed by atoms with Gasteiger partial charge in [-0.3, -0.25) is 4.79 Å². The molecule has 1 aliphatic heterocycles. The van der Waals surface area contributed by atoms with Crippen molar-refractivity contribution in [1.29, 1.82) is 0 Å². The highest BCUT2D eigenvalue weighted by Gasteiger charge is 2.48. The van der Waals surface area contributed by atoms with E-state index in [1.807, 2.05) is 91.0 Å². The Morgan fingerprint density at radius 3 is 2.06 bits per heavy atom. The Labute approximate surface area is 220 Å². The van der Waals surface area contributed by atoms with E-state index in [-0.39, 0.29) is 19.1 Å². The van der Waals surface area contributed by atoms with Gasteiger partial charge in [-0.15, -0.1) is 11.6 Å². The lowest BCUT2D eigenvalue weighted by Gasteiger charge is -2.43. The molecule has 6 nitrogen and oxygen atoms in total. The number of halogens is 1. The summed E-state index contributed by atoms with van der Waals surface area (Å²) >= 11 is 7.09. The normalized spacial score (nSPS) is 23.8. The van der Waals surface area contributed by atoms with Gasteiger partial charge in [-0.1, -0.05) is 90.6 Å². The molecule has 1 N–H and O–H groups in total. The molecule has 0 radical (unpaired) electrons. The highest BCUT2D eigenvalue weighted by Crippen LogP contribution is 2.36. The molecular weight excluding hydrogens is 500 g/mol. The zero-order valence-corrected chi connectivity index (χ0v) is 21.2. The average molecular weight is 529 g/mol. The number of benzene rings is 3. The minimum absolute atomic E-state index is 0.182. The van der Waals surface area contributed by atoms with Crippen molar-refractivity contribution in [3.63, 3.8) is 0 Å². The first-order valence-electron chi connectivity index (χ1n) is 11.7. The van der Waals surface area contributed by atoms with E-state index >= 15 is 0 Å². The van der Waals surface area contributed by atoms with Gasteiger partial charge in [0.1, 0.15) is 29.6 Å². The van der Waals surface area contributed by atoms with Gasteiger partial charge in [0.15, 0.2) is 6.10 Å². The number of rotatable bonds is 11. The smallest absolute Gasteiger partial charge is 0.321 e. The van der Waals surface area contributed by atoms with Gasteiger partial charge in [-0.25, -0.2) is 0 Å². The van der Waals surface area contributed by atoms with Gasteiger partial charge in [0, 0.05) is 4.90 Å². The van der Waals surface area contributed by atoms with Crippen molar-refractivity contribution in [2.45, 2.75) is 48.0 Å². The number of carbonyl (C=O) groups excluding carboxylic acids is 1. The monoisotopic (exact) mass is 528 g/mol. The fourth-order valence-electron chi connectivity index (χ4n) is 3.91. The van der Waals surface area contributed by atoms with Crippen LogP contribution in [-0.4, -0.2) is 53.4 Å². The van der Waals surface area contributed by atoms with Crippen LogP contribution in [0.5, 0.6) is 0 Å². The first-order chi connectivity index (χ1) is 17.6. The van der Waals surface area contributed by atoms with E-state index in [1.165, 1.54) is 11.8 Å². The third-order valence-electron chi connectivity index (χ3n) is 5.67. The van der Waals surface area contributed by atoms with E-state index in [4.69, 9.17) is 30.5 Å². The molecule has 1 saturated heterocycles. The van der Waals surface area contributed by atoms with Crippen molar-refractivity contribution >= 4 is 29.3 Å². The van der Waals surface area contributed by atoms with Gasteiger partial charge in [0.25, 0.3) is 0 Å². The second kappa shape index (κ2) is 13.8. The molecule has 5 atom stereocenters. The molecule has 0 aliphatic carbocycles. The number of hydrogen-bond acceptors (Lipinski definition) is 7. The quantitative estimate of drug-likeness (QED) is 0.282. The highest BCUT2D eigenvalue weighted by molar-refractivity contribution is 7.99. The highest BCUT2D eigenvalue weighted by atomic mass is 35.5. The Bertz CT molecular complexity index is 1060. The minimum Gasteiger partial charge on any atom is -0.456 e. The number of thioether (sulfide) groups is 1. The lowest BCUT2D eigenvalue weighted by molar-refractivity contribution is -0.237. The van der Waals surface area contributed by atoms with Crippen LogP contribution in [0, 0.1) is 0 Å². The maximum absolute atomic E-state index is 12.2. The van der Waals surface area contributed by atoms with E-state index in [9.17, 15) is 9.90 Å². The average Bonchev–Trinajstić information content (AvgIpc) is 2.92. The summed E-state index contributed by atoms with van der Waals surface area (Å²) in [6, 6.07) is 29.1.